The molecule has 0 bridgehead atoms. The minimum atomic E-state index is 0.0520. The number of aliphatic hydroxyl groups is 1. The fourth-order valence-electron chi connectivity index (χ4n) is 1.48. The molecule has 0 saturated heterocycles. The average Bonchev–Trinajstić information content (AvgIpc) is 2.42. The number of nitrogens with one attached hydrogen (secondary N) is 2. The summed E-state index contributed by atoms with van der Waals surface area (Å²) >= 11 is 0. The summed E-state index contributed by atoms with van der Waals surface area (Å²) in [5.74, 6) is 1.56. The zero-order valence-electron chi connectivity index (χ0n) is 11.6. The van der Waals surface area contributed by atoms with Gasteiger partial charge in [-0.15, -0.1) is 0 Å². The van der Waals surface area contributed by atoms with Gasteiger partial charge in [-0.1, -0.05) is 17.7 Å². The van der Waals surface area contributed by atoms with Crippen molar-refractivity contribution in [2.24, 2.45) is 4.99 Å². The van der Waals surface area contributed by atoms with Crippen LogP contribution in [0.1, 0.15) is 12.5 Å². The van der Waals surface area contributed by atoms with E-state index in [-0.39, 0.29) is 6.61 Å². The number of benzene rings is 1. The predicted octanol–water partition coefficient (Wildman–Crippen LogP) is 0.921. The number of aliphatic imine (C=N–C) groups is 1. The molecular formula is C14H23N3O2. The van der Waals surface area contributed by atoms with Crippen LogP contribution in [0, 0.1) is 6.92 Å². The minimum absolute atomic E-state index is 0.0520. The normalized spacial score (nSPS) is 11.2. The Morgan fingerprint density at radius 1 is 1.26 bits per heavy atom. The van der Waals surface area contributed by atoms with E-state index in [2.05, 4.69) is 15.6 Å². The monoisotopic (exact) mass is 265 g/mol. The second kappa shape index (κ2) is 9.22. The first-order valence-corrected chi connectivity index (χ1v) is 6.58. The Bertz CT molecular complexity index is 377. The molecule has 0 amide bonds. The summed E-state index contributed by atoms with van der Waals surface area (Å²) < 4.78 is 5.60. The second-order valence-electron chi connectivity index (χ2n) is 4.07. The maximum absolute atomic E-state index is 8.74. The van der Waals surface area contributed by atoms with Crippen LogP contribution in [0.25, 0.3) is 0 Å². The van der Waals surface area contributed by atoms with Gasteiger partial charge in [0.2, 0.25) is 0 Å². The SMILES string of the molecule is CCNC(=NCCO)NCCOc1ccc(C)cc1. The molecule has 1 rings (SSSR count). The maximum atomic E-state index is 8.74. The van der Waals surface area contributed by atoms with Gasteiger partial charge >= 0.3 is 0 Å². The Hall–Kier alpha value is -1.75. The van der Waals surface area contributed by atoms with Gasteiger partial charge in [0.05, 0.1) is 19.7 Å². The van der Waals surface area contributed by atoms with Crippen LogP contribution in [0.2, 0.25) is 0 Å². The number of nitrogens with zero attached hydrogens (tertiary/aromatic N) is 1. The van der Waals surface area contributed by atoms with E-state index in [1.54, 1.807) is 0 Å². The molecule has 3 N–H and O–H groups in total. The zero-order chi connectivity index (χ0) is 13.9. The number of rotatable bonds is 7. The lowest BCUT2D eigenvalue weighted by Gasteiger charge is -2.11. The molecule has 0 aliphatic rings. The highest BCUT2D eigenvalue weighted by Gasteiger charge is 1.97. The van der Waals surface area contributed by atoms with Crippen LogP contribution in [0.3, 0.4) is 0 Å². The third kappa shape index (κ3) is 6.67. The molecule has 0 atom stereocenters. The molecule has 0 aliphatic heterocycles. The maximum Gasteiger partial charge on any atom is 0.191 e. The minimum Gasteiger partial charge on any atom is -0.492 e. The van der Waals surface area contributed by atoms with Gasteiger partial charge < -0.3 is 20.5 Å². The van der Waals surface area contributed by atoms with E-state index < -0.39 is 0 Å². The molecule has 106 valence electrons. The highest BCUT2D eigenvalue weighted by molar-refractivity contribution is 5.79. The highest BCUT2D eigenvalue weighted by Crippen LogP contribution is 2.10. The summed E-state index contributed by atoms with van der Waals surface area (Å²) in [7, 11) is 0. The van der Waals surface area contributed by atoms with Crippen LogP contribution in [0.5, 0.6) is 5.75 Å². The molecule has 5 nitrogen and oxygen atoms in total. The Morgan fingerprint density at radius 3 is 2.63 bits per heavy atom. The first kappa shape index (κ1) is 15.3. The Labute approximate surface area is 114 Å². The first-order chi connectivity index (χ1) is 9.26. The van der Waals surface area contributed by atoms with Crippen molar-refractivity contribution in [1.82, 2.24) is 10.6 Å². The van der Waals surface area contributed by atoms with Crippen LogP contribution < -0.4 is 15.4 Å². The summed E-state index contributed by atoms with van der Waals surface area (Å²) in [6, 6.07) is 7.96. The summed E-state index contributed by atoms with van der Waals surface area (Å²) in [4.78, 5) is 4.18. The average molecular weight is 265 g/mol. The molecule has 0 aliphatic carbocycles. The molecule has 0 radical (unpaired) electrons. The van der Waals surface area contributed by atoms with E-state index in [9.17, 15) is 0 Å². The van der Waals surface area contributed by atoms with E-state index in [1.165, 1.54) is 5.56 Å². The van der Waals surface area contributed by atoms with Crippen molar-refractivity contribution in [3.8, 4) is 5.75 Å². The van der Waals surface area contributed by atoms with E-state index in [0.29, 0.717) is 25.7 Å². The lowest BCUT2D eigenvalue weighted by atomic mass is 10.2. The largest absolute Gasteiger partial charge is 0.492 e. The first-order valence-electron chi connectivity index (χ1n) is 6.58. The topological polar surface area (TPSA) is 65.9 Å². The van der Waals surface area contributed by atoms with E-state index in [1.807, 2.05) is 38.1 Å². The van der Waals surface area contributed by atoms with E-state index >= 15 is 0 Å². The fourth-order valence-corrected chi connectivity index (χ4v) is 1.48. The molecule has 0 heterocycles. The van der Waals surface area contributed by atoms with Crippen LogP contribution in [0.4, 0.5) is 0 Å². The number of ether oxygens (including phenoxy) is 1. The third-order valence-corrected chi connectivity index (χ3v) is 2.40. The van der Waals surface area contributed by atoms with Gasteiger partial charge in [0.15, 0.2) is 5.96 Å². The van der Waals surface area contributed by atoms with E-state index in [0.717, 1.165) is 12.3 Å². The second-order valence-corrected chi connectivity index (χ2v) is 4.07. The van der Waals surface area contributed by atoms with Crippen molar-refractivity contribution in [3.63, 3.8) is 0 Å². The smallest absolute Gasteiger partial charge is 0.191 e. The van der Waals surface area contributed by atoms with Crippen LogP contribution in [-0.2, 0) is 0 Å². The molecule has 1 aromatic carbocycles. The van der Waals surface area contributed by atoms with Crippen molar-refractivity contribution < 1.29 is 9.84 Å². The number of aryl methyl sites for hydroxylation is 1. The van der Waals surface area contributed by atoms with E-state index in [4.69, 9.17) is 9.84 Å². The molecule has 5 heteroatoms. The van der Waals surface area contributed by atoms with Gasteiger partial charge in [-0.25, -0.2) is 0 Å². The van der Waals surface area contributed by atoms with Crippen molar-refractivity contribution in [1.29, 1.82) is 0 Å². The van der Waals surface area contributed by atoms with Crippen LogP contribution in [0.15, 0.2) is 29.3 Å². The van der Waals surface area contributed by atoms with Crippen molar-refractivity contribution in [3.05, 3.63) is 29.8 Å². The van der Waals surface area contributed by atoms with Crippen molar-refractivity contribution in [2.75, 3.05) is 32.8 Å². The Balaban J connectivity index is 2.26. The third-order valence-electron chi connectivity index (χ3n) is 2.40. The van der Waals surface area contributed by atoms with Gasteiger partial charge in [-0.05, 0) is 26.0 Å². The number of hydrogen-bond donors (Lipinski definition) is 3. The quantitative estimate of drug-likeness (QED) is 0.390. The molecule has 1 aromatic rings. The summed E-state index contributed by atoms with van der Waals surface area (Å²) in [6.07, 6.45) is 0. The lowest BCUT2D eigenvalue weighted by Crippen LogP contribution is -2.39. The molecule has 0 saturated carbocycles. The molecule has 19 heavy (non-hydrogen) atoms. The zero-order valence-corrected chi connectivity index (χ0v) is 11.6. The number of guanidine groups is 1. The van der Waals surface area contributed by atoms with Crippen molar-refractivity contribution in [2.45, 2.75) is 13.8 Å². The standard InChI is InChI=1S/C14H23N3O2/c1-3-15-14(16-8-10-18)17-9-11-19-13-6-4-12(2)5-7-13/h4-7,18H,3,8-11H2,1-2H3,(H2,15,16,17). The molecule has 0 spiro atoms. The van der Waals surface area contributed by atoms with Gasteiger partial charge in [0.1, 0.15) is 12.4 Å². The molecular weight excluding hydrogens is 242 g/mol. The number of aliphatic hydroxyl groups excluding tert-OH is 1. The molecule has 0 unspecified atom stereocenters. The van der Waals surface area contributed by atoms with Gasteiger partial charge in [0, 0.05) is 6.54 Å². The van der Waals surface area contributed by atoms with Crippen LogP contribution in [-0.4, -0.2) is 43.9 Å². The Kier molecular flexibility index (Phi) is 7.43. The Morgan fingerprint density at radius 2 is 2.00 bits per heavy atom. The summed E-state index contributed by atoms with van der Waals surface area (Å²) in [5.41, 5.74) is 1.22. The lowest BCUT2D eigenvalue weighted by molar-refractivity contribution is 0.306. The summed E-state index contributed by atoms with van der Waals surface area (Å²) in [6.45, 7) is 6.50. The summed E-state index contributed by atoms with van der Waals surface area (Å²) in [5, 5.41) is 15.0. The highest BCUT2D eigenvalue weighted by atomic mass is 16.5. The fraction of sp³-hybridized carbons (Fsp3) is 0.500. The molecule has 0 fully saturated rings. The van der Waals surface area contributed by atoms with Gasteiger partial charge in [-0.3, -0.25) is 4.99 Å². The van der Waals surface area contributed by atoms with Gasteiger partial charge in [-0.2, -0.15) is 0 Å². The van der Waals surface area contributed by atoms with Crippen molar-refractivity contribution >= 4 is 5.96 Å². The van der Waals surface area contributed by atoms with Gasteiger partial charge in [0.25, 0.3) is 0 Å². The number of hydrogen-bond acceptors (Lipinski definition) is 3. The predicted molar refractivity (Wildman–Crippen MR) is 77.7 cm³/mol. The van der Waals surface area contributed by atoms with Crippen LogP contribution >= 0.6 is 0 Å². The molecule has 0 aromatic heterocycles.